The highest BCUT2D eigenvalue weighted by molar-refractivity contribution is 7.13. The van der Waals surface area contributed by atoms with E-state index in [1.54, 1.807) is 11.3 Å². The summed E-state index contributed by atoms with van der Waals surface area (Å²) in [7, 11) is 0. The van der Waals surface area contributed by atoms with E-state index in [-0.39, 0.29) is 0 Å². The molecule has 2 aliphatic rings. The zero-order valence-electron chi connectivity index (χ0n) is 23.8. The summed E-state index contributed by atoms with van der Waals surface area (Å²) in [6.45, 7) is 18.7. The third-order valence-corrected chi connectivity index (χ3v) is 9.02. The molecule has 2 fully saturated rings. The maximum atomic E-state index is 4.92. The van der Waals surface area contributed by atoms with Crippen molar-refractivity contribution in [3.05, 3.63) is 76.3 Å². The van der Waals surface area contributed by atoms with Crippen LogP contribution in [-0.4, -0.2) is 75.0 Å². The van der Waals surface area contributed by atoms with E-state index in [1.807, 2.05) is 19.3 Å². The second-order valence-corrected chi connectivity index (χ2v) is 11.7. The summed E-state index contributed by atoms with van der Waals surface area (Å²) in [5.74, 6) is 0. The lowest BCUT2D eigenvalue weighted by Gasteiger charge is -2.36. The number of rotatable bonds is 11. The number of benzene rings is 1. The third kappa shape index (κ3) is 7.04. The minimum absolute atomic E-state index is 0.563. The van der Waals surface area contributed by atoms with Crippen molar-refractivity contribution in [3.8, 4) is 0 Å². The maximum absolute atomic E-state index is 4.92. The number of likely N-dealkylation sites (tertiary alicyclic amines) is 1. The Bertz CT molecular complexity index is 1230. The second kappa shape index (κ2) is 13.0. The van der Waals surface area contributed by atoms with Gasteiger partial charge in [-0.25, -0.2) is 4.98 Å². The Balaban J connectivity index is 1.08. The largest absolute Gasteiger partial charge is 0.368 e. The third-order valence-electron chi connectivity index (χ3n) is 8.17. The molecule has 0 radical (unpaired) electrons. The Hall–Kier alpha value is -2.81. The predicted molar refractivity (Wildman–Crippen MR) is 162 cm³/mol. The van der Waals surface area contributed by atoms with Crippen LogP contribution in [0.4, 0.5) is 5.13 Å². The lowest BCUT2D eigenvalue weighted by Crippen LogP contribution is -2.44. The van der Waals surface area contributed by atoms with E-state index in [2.05, 4.69) is 74.0 Å². The second-order valence-electron chi connectivity index (χ2n) is 10.9. The minimum Gasteiger partial charge on any atom is -0.368 e. The van der Waals surface area contributed by atoms with Crippen LogP contribution in [0.2, 0.25) is 0 Å². The highest BCUT2D eigenvalue weighted by Crippen LogP contribution is 2.24. The van der Waals surface area contributed by atoms with E-state index in [0.29, 0.717) is 6.04 Å². The average molecular weight is 546 g/mol. The minimum atomic E-state index is 0.563. The van der Waals surface area contributed by atoms with Gasteiger partial charge >= 0.3 is 0 Å². The maximum Gasteiger partial charge on any atom is 0.182 e. The van der Waals surface area contributed by atoms with Crippen LogP contribution in [0.25, 0.3) is 5.70 Å². The first-order valence-electron chi connectivity index (χ1n) is 14.5. The van der Waals surface area contributed by atoms with Crippen molar-refractivity contribution >= 4 is 22.2 Å². The van der Waals surface area contributed by atoms with Crippen LogP contribution < -0.4 is 5.32 Å². The van der Waals surface area contributed by atoms with Gasteiger partial charge < -0.3 is 10.2 Å². The smallest absolute Gasteiger partial charge is 0.182 e. The van der Waals surface area contributed by atoms with E-state index in [0.717, 1.165) is 86.6 Å². The van der Waals surface area contributed by atoms with Crippen LogP contribution in [0, 0.1) is 6.92 Å². The van der Waals surface area contributed by atoms with Gasteiger partial charge in [0.15, 0.2) is 5.13 Å². The summed E-state index contributed by atoms with van der Waals surface area (Å²) in [6.07, 6.45) is 8.39. The van der Waals surface area contributed by atoms with Crippen molar-refractivity contribution in [2.24, 2.45) is 0 Å². The number of thiazole rings is 1. The first kappa shape index (κ1) is 27.7. The molecule has 0 saturated carbocycles. The molecule has 0 bridgehead atoms. The van der Waals surface area contributed by atoms with Gasteiger partial charge in [0.25, 0.3) is 0 Å². The van der Waals surface area contributed by atoms with Gasteiger partial charge in [0.2, 0.25) is 0 Å². The van der Waals surface area contributed by atoms with Gasteiger partial charge in [0.05, 0.1) is 23.3 Å². The molecule has 0 spiro atoms. The summed E-state index contributed by atoms with van der Waals surface area (Å²) in [5, 5.41) is 6.92. The molecule has 8 heteroatoms. The number of aryl methyl sites for hydroxylation is 3. The quantitative estimate of drug-likeness (QED) is 0.354. The van der Waals surface area contributed by atoms with Gasteiger partial charge in [0, 0.05) is 63.4 Å². The zero-order valence-corrected chi connectivity index (χ0v) is 24.6. The number of hydrogen-bond donors (Lipinski definition) is 1. The topological polar surface area (TPSA) is 60.4 Å². The summed E-state index contributed by atoms with van der Waals surface area (Å²) < 4.78 is 0. The van der Waals surface area contributed by atoms with Gasteiger partial charge in [-0.3, -0.25) is 19.8 Å². The molecule has 3 aromatic rings. The number of hydrogen-bond acceptors (Lipinski definition) is 8. The van der Waals surface area contributed by atoms with Crippen LogP contribution in [-0.2, 0) is 25.9 Å². The standard InChI is InChI=1S/C31H43N7S/c1-5-26-10-9-25(16-27(26)6-2)20-38-11-7-8-29(38)18-34-31-35-28(22-39-31)21-36-12-14-37(15-13-36)24(4)30-19-32-23(3)17-33-30/h9-10,16-17,19,22,29H,4-8,11-15,18,20-21H2,1-3H3,(H,34,35). The van der Waals surface area contributed by atoms with Gasteiger partial charge in [-0.15, -0.1) is 11.3 Å². The van der Waals surface area contributed by atoms with E-state index in [4.69, 9.17) is 4.98 Å². The van der Waals surface area contributed by atoms with E-state index >= 15 is 0 Å². The van der Waals surface area contributed by atoms with Crippen molar-refractivity contribution < 1.29 is 0 Å². The van der Waals surface area contributed by atoms with Crippen molar-refractivity contribution in [2.45, 2.75) is 65.6 Å². The zero-order chi connectivity index (χ0) is 27.2. The first-order valence-corrected chi connectivity index (χ1v) is 15.4. The molecule has 0 aliphatic carbocycles. The molecule has 1 atom stereocenters. The van der Waals surface area contributed by atoms with Gasteiger partial charge in [0.1, 0.15) is 5.69 Å². The molecule has 4 heterocycles. The number of piperazine rings is 1. The van der Waals surface area contributed by atoms with Gasteiger partial charge in [-0.1, -0.05) is 38.6 Å². The normalized spacial score (nSPS) is 18.5. The molecular formula is C31H43N7S. The van der Waals surface area contributed by atoms with Crippen LogP contribution in [0.5, 0.6) is 0 Å². The average Bonchev–Trinajstić information content (AvgIpc) is 3.61. The van der Waals surface area contributed by atoms with Crippen LogP contribution in [0.15, 0.2) is 42.6 Å². The lowest BCUT2D eigenvalue weighted by molar-refractivity contribution is 0.168. The molecule has 2 aromatic heterocycles. The Labute approximate surface area is 238 Å². The van der Waals surface area contributed by atoms with Crippen molar-refractivity contribution in [1.82, 2.24) is 29.7 Å². The molecule has 208 valence electrons. The molecule has 0 amide bonds. The Morgan fingerprint density at radius 1 is 1.03 bits per heavy atom. The summed E-state index contributed by atoms with van der Waals surface area (Å²) >= 11 is 1.73. The van der Waals surface area contributed by atoms with Crippen molar-refractivity contribution in [3.63, 3.8) is 0 Å². The highest BCUT2D eigenvalue weighted by atomic mass is 32.1. The predicted octanol–water partition coefficient (Wildman–Crippen LogP) is 5.23. The first-order chi connectivity index (χ1) is 19.0. The fourth-order valence-corrected chi connectivity index (χ4v) is 6.51. The molecule has 1 aromatic carbocycles. The van der Waals surface area contributed by atoms with Crippen molar-refractivity contribution in [2.75, 3.05) is 44.6 Å². The molecule has 39 heavy (non-hydrogen) atoms. The van der Waals surface area contributed by atoms with Crippen LogP contribution in [0.3, 0.4) is 0 Å². The molecule has 7 nitrogen and oxygen atoms in total. The van der Waals surface area contributed by atoms with Crippen LogP contribution >= 0.6 is 11.3 Å². The number of anilines is 1. The van der Waals surface area contributed by atoms with E-state index in [9.17, 15) is 0 Å². The molecular weight excluding hydrogens is 502 g/mol. The monoisotopic (exact) mass is 545 g/mol. The van der Waals surface area contributed by atoms with Crippen molar-refractivity contribution in [1.29, 1.82) is 0 Å². The fraction of sp³-hybridized carbons (Fsp3) is 0.516. The van der Waals surface area contributed by atoms with E-state index in [1.165, 1.54) is 36.1 Å². The SMILES string of the molecule is C=C(c1cnc(C)cn1)N1CCN(Cc2csc(NCC3CCCN3Cc3ccc(CC)c(CC)c3)n2)CC1. The lowest BCUT2D eigenvalue weighted by atomic mass is 10.00. The van der Waals surface area contributed by atoms with Gasteiger partial charge in [-0.2, -0.15) is 0 Å². The molecule has 2 saturated heterocycles. The molecule has 1 N–H and O–H groups in total. The van der Waals surface area contributed by atoms with Gasteiger partial charge in [-0.05, 0) is 55.8 Å². The summed E-state index contributed by atoms with van der Waals surface area (Å²) in [4.78, 5) is 21.2. The molecule has 2 aliphatic heterocycles. The Morgan fingerprint density at radius 2 is 1.85 bits per heavy atom. The number of nitrogens with zero attached hydrogens (tertiary/aromatic N) is 6. The molecule has 1 unspecified atom stereocenters. The van der Waals surface area contributed by atoms with E-state index < -0.39 is 0 Å². The van der Waals surface area contributed by atoms with Crippen LogP contribution in [0.1, 0.15) is 60.5 Å². The highest BCUT2D eigenvalue weighted by Gasteiger charge is 2.25. The number of nitrogens with one attached hydrogen (secondary N) is 1. The molecule has 5 rings (SSSR count). The fourth-order valence-electron chi connectivity index (χ4n) is 5.80. The summed E-state index contributed by atoms with van der Waals surface area (Å²) in [6, 6.07) is 7.66. The Morgan fingerprint density at radius 3 is 2.59 bits per heavy atom. The summed E-state index contributed by atoms with van der Waals surface area (Å²) in [5.41, 5.74) is 8.36. The number of aromatic nitrogens is 3. The Kier molecular flexibility index (Phi) is 9.27.